The predicted molar refractivity (Wildman–Crippen MR) is 147 cm³/mol. The van der Waals surface area contributed by atoms with Crippen LogP contribution in [0, 0.1) is 0 Å². The number of nitrogens with one attached hydrogen (secondary N) is 1. The first-order chi connectivity index (χ1) is 16.7. The molecule has 0 bridgehead atoms. The van der Waals surface area contributed by atoms with Crippen molar-refractivity contribution in [1.82, 2.24) is 10.2 Å². The molecule has 0 unspecified atom stereocenters. The lowest BCUT2D eigenvalue weighted by atomic mass is 10.0. The summed E-state index contributed by atoms with van der Waals surface area (Å²) in [4.78, 5) is 27.9. The van der Waals surface area contributed by atoms with Crippen LogP contribution in [0.4, 0.5) is 5.69 Å². The number of anilines is 1. The molecular formula is C26H35Cl2N3O4S. The summed E-state index contributed by atoms with van der Waals surface area (Å²) in [6.45, 7) is 9.05. The Morgan fingerprint density at radius 2 is 1.61 bits per heavy atom. The molecule has 0 radical (unpaired) electrons. The third kappa shape index (κ3) is 8.11. The molecular weight excluding hydrogens is 521 g/mol. The zero-order chi connectivity index (χ0) is 27.2. The van der Waals surface area contributed by atoms with E-state index < -0.39 is 28.5 Å². The van der Waals surface area contributed by atoms with Crippen LogP contribution in [-0.4, -0.2) is 50.0 Å². The second-order valence-corrected chi connectivity index (χ2v) is 12.0. The fourth-order valence-corrected chi connectivity index (χ4v) is 4.84. The van der Waals surface area contributed by atoms with Gasteiger partial charge in [-0.05, 0) is 61.6 Å². The molecule has 0 fully saturated rings. The van der Waals surface area contributed by atoms with Gasteiger partial charge in [-0.3, -0.25) is 13.9 Å². The summed E-state index contributed by atoms with van der Waals surface area (Å²) < 4.78 is 26.4. The summed E-state index contributed by atoms with van der Waals surface area (Å²) in [5.41, 5.74) is 2.01. The molecule has 2 amide bonds. The van der Waals surface area contributed by atoms with Gasteiger partial charge in [0.05, 0.1) is 11.9 Å². The first-order valence-corrected chi connectivity index (χ1v) is 14.5. The Morgan fingerprint density at radius 3 is 2.11 bits per heavy atom. The molecule has 7 nitrogen and oxygen atoms in total. The van der Waals surface area contributed by atoms with E-state index in [1.165, 1.54) is 4.90 Å². The van der Waals surface area contributed by atoms with E-state index in [0.29, 0.717) is 21.3 Å². The van der Waals surface area contributed by atoms with E-state index in [1.807, 2.05) is 39.8 Å². The quantitative estimate of drug-likeness (QED) is 0.412. The van der Waals surface area contributed by atoms with Crippen LogP contribution in [-0.2, 0) is 26.2 Å². The van der Waals surface area contributed by atoms with Crippen LogP contribution in [0.25, 0.3) is 0 Å². The standard InChI is InChI=1S/C26H35Cl2N3O4S/c1-7-18(4)29-26(33)19(5)30(15-21-8-11-22(27)14-24(21)28)25(32)16-31(36(6,34)35)23-12-9-20(10-13-23)17(2)3/h8-14,17-19H,7,15-16H2,1-6H3,(H,29,33)/t18-,19-/m1/s1. The highest BCUT2D eigenvalue weighted by molar-refractivity contribution is 7.92. The van der Waals surface area contributed by atoms with Gasteiger partial charge in [-0.25, -0.2) is 8.42 Å². The van der Waals surface area contributed by atoms with Crippen LogP contribution in [0.3, 0.4) is 0 Å². The zero-order valence-corrected chi connectivity index (χ0v) is 23.9. The normalized spacial score (nSPS) is 13.2. The van der Waals surface area contributed by atoms with Crippen LogP contribution in [0.1, 0.15) is 58.1 Å². The maximum Gasteiger partial charge on any atom is 0.244 e. The van der Waals surface area contributed by atoms with Gasteiger partial charge in [0.15, 0.2) is 0 Å². The van der Waals surface area contributed by atoms with Crippen LogP contribution in [0.15, 0.2) is 42.5 Å². The van der Waals surface area contributed by atoms with Gasteiger partial charge in [0.2, 0.25) is 21.8 Å². The van der Waals surface area contributed by atoms with Crippen LogP contribution >= 0.6 is 23.2 Å². The SMILES string of the molecule is CC[C@@H](C)NC(=O)[C@@H](C)N(Cc1ccc(Cl)cc1Cl)C(=O)CN(c1ccc(C(C)C)cc1)S(C)(=O)=O. The van der Waals surface area contributed by atoms with Gasteiger partial charge in [-0.15, -0.1) is 0 Å². The summed E-state index contributed by atoms with van der Waals surface area (Å²) in [6, 6.07) is 11.0. The summed E-state index contributed by atoms with van der Waals surface area (Å²) in [5.74, 6) is -0.599. The Labute approximate surface area is 224 Å². The van der Waals surface area contributed by atoms with E-state index in [4.69, 9.17) is 23.2 Å². The van der Waals surface area contributed by atoms with Gasteiger partial charge in [0.1, 0.15) is 12.6 Å². The number of hydrogen-bond acceptors (Lipinski definition) is 4. The summed E-state index contributed by atoms with van der Waals surface area (Å²) in [5, 5.41) is 3.68. The number of carbonyl (C=O) groups is 2. The molecule has 10 heteroatoms. The maximum absolute atomic E-state index is 13.6. The first kappa shape index (κ1) is 29.9. The Hall–Kier alpha value is -2.29. The molecule has 198 valence electrons. The largest absolute Gasteiger partial charge is 0.352 e. The number of hydrogen-bond donors (Lipinski definition) is 1. The summed E-state index contributed by atoms with van der Waals surface area (Å²) in [6.07, 6.45) is 1.78. The van der Waals surface area contributed by atoms with Gasteiger partial charge in [0, 0.05) is 22.6 Å². The predicted octanol–water partition coefficient (Wildman–Crippen LogP) is 5.21. The zero-order valence-electron chi connectivity index (χ0n) is 21.6. The van der Waals surface area contributed by atoms with Crippen molar-refractivity contribution in [1.29, 1.82) is 0 Å². The molecule has 0 aromatic heterocycles. The maximum atomic E-state index is 13.6. The van der Waals surface area contributed by atoms with Crippen LogP contribution in [0.5, 0.6) is 0 Å². The third-order valence-electron chi connectivity index (χ3n) is 6.05. The molecule has 2 aromatic rings. The van der Waals surface area contributed by atoms with Crippen molar-refractivity contribution in [3.05, 3.63) is 63.6 Å². The summed E-state index contributed by atoms with van der Waals surface area (Å²) in [7, 11) is -3.79. The highest BCUT2D eigenvalue weighted by atomic mass is 35.5. The number of halogens is 2. The van der Waals surface area contributed by atoms with Crippen molar-refractivity contribution in [3.63, 3.8) is 0 Å². The lowest BCUT2D eigenvalue weighted by molar-refractivity contribution is -0.139. The molecule has 0 saturated carbocycles. The Balaban J connectivity index is 2.42. The van der Waals surface area contributed by atoms with E-state index in [0.717, 1.165) is 22.5 Å². The molecule has 2 rings (SSSR count). The molecule has 0 heterocycles. The third-order valence-corrected chi connectivity index (χ3v) is 7.78. The second kappa shape index (κ2) is 12.8. The molecule has 2 aromatic carbocycles. The number of sulfonamides is 1. The highest BCUT2D eigenvalue weighted by Gasteiger charge is 2.31. The minimum Gasteiger partial charge on any atom is -0.352 e. The van der Waals surface area contributed by atoms with Gasteiger partial charge < -0.3 is 10.2 Å². The lowest BCUT2D eigenvalue weighted by Gasteiger charge is -2.32. The van der Waals surface area contributed by atoms with E-state index in [-0.39, 0.29) is 24.4 Å². The molecule has 0 saturated heterocycles. The monoisotopic (exact) mass is 555 g/mol. The van der Waals surface area contributed by atoms with E-state index in [9.17, 15) is 18.0 Å². The minimum absolute atomic E-state index is 0.00776. The molecule has 0 aliphatic rings. The number of rotatable bonds is 11. The van der Waals surface area contributed by atoms with Crippen molar-refractivity contribution < 1.29 is 18.0 Å². The number of benzene rings is 2. The van der Waals surface area contributed by atoms with Crippen molar-refractivity contribution in [2.75, 3.05) is 17.1 Å². The smallest absolute Gasteiger partial charge is 0.244 e. The number of nitrogens with zero attached hydrogens (tertiary/aromatic N) is 2. The van der Waals surface area contributed by atoms with Crippen molar-refractivity contribution in [3.8, 4) is 0 Å². The highest BCUT2D eigenvalue weighted by Crippen LogP contribution is 2.25. The molecule has 2 atom stereocenters. The molecule has 0 spiro atoms. The molecule has 1 N–H and O–H groups in total. The first-order valence-electron chi connectivity index (χ1n) is 11.9. The van der Waals surface area contributed by atoms with Crippen molar-refractivity contribution in [2.24, 2.45) is 0 Å². The topological polar surface area (TPSA) is 86.8 Å². The van der Waals surface area contributed by atoms with Gasteiger partial charge in [-0.1, -0.05) is 62.2 Å². The minimum atomic E-state index is -3.79. The Kier molecular flexibility index (Phi) is 10.6. The Bertz CT molecular complexity index is 1170. The molecule has 0 aliphatic heterocycles. The van der Waals surface area contributed by atoms with E-state index in [1.54, 1.807) is 37.3 Å². The van der Waals surface area contributed by atoms with Gasteiger partial charge in [-0.2, -0.15) is 0 Å². The molecule has 36 heavy (non-hydrogen) atoms. The molecule has 0 aliphatic carbocycles. The Morgan fingerprint density at radius 1 is 1.00 bits per heavy atom. The number of amides is 2. The van der Waals surface area contributed by atoms with Crippen LogP contribution in [0.2, 0.25) is 10.0 Å². The van der Waals surface area contributed by atoms with E-state index >= 15 is 0 Å². The van der Waals surface area contributed by atoms with Gasteiger partial charge in [0.25, 0.3) is 0 Å². The fourth-order valence-electron chi connectivity index (χ4n) is 3.52. The van der Waals surface area contributed by atoms with Crippen LogP contribution < -0.4 is 9.62 Å². The average Bonchev–Trinajstić information content (AvgIpc) is 2.80. The van der Waals surface area contributed by atoms with Gasteiger partial charge >= 0.3 is 0 Å². The summed E-state index contributed by atoms with van der Waals surface area (Å²) >= 11 is 12.4. The van der Waals surface area contributed by atoms with Crippen molar-refractivity contribution >= 4 is 50.7 Å². The van der Waals surface area contributed by atoms with E-state index in [2.05, 4.69) is 5.32 Å². The second-order valence-electron chi connectivity index (χ2n) is 9.27. The average molecular weight is 557 g/mol. The number of carbonyl (C=O) groups excluding carboxylic acids is 2. The lowest BCUT2D eigenvalue weighted by Crippen LogP contribution is -2.52. The van der Waals surface area contributed by atoms with Crippen molar-refractivity contribution in [2.45, 2.75) is 65.6 Å². The fraction of sp³-hybridized carbons (Fsp3) is 0.462.